The predicted molar refractivity (Wildman–Crippen MR) is 53.2 cm³/mol. The molecule has 5 heteroatoms. The Labute approximate surface area is 85.7 Å². The fourth-order valence-corrected chi connectivity index (χ4v) is 1.89. The summed E-state index contributed by atoms with van der Waals surface area (Å²) in [5.41, 5.74) is 1.53. The minimum absolute atomic E-state index is 0.474. The smallest absolute Gasteiger partial charge is 0.158 e. The van der Waals surface area contributed by atoms with Crippen molar-refractivity contribution in [3.8, 4) is 0 Å². The topological polar surface area (TPSA) is 54.5 Å². The molecule has 0 bridgehead atoms. The van der Waals surface area contributed by atoms with E-state index in [4.69, 9.17) is 11.6 Å². The van der Waals surface area contributed by atoms with Crippen molar-refractivity contribution in [3.63, 3.8) is 0 Å². The van der Waals surface area contributed by atoms with Crippen LogP contribution < -0.4 is 0 Å². The molecule has 3 rings (SSSR count). The second kappa shape index (κ2) is 2.67. The summed E-state index contributed by atoms with van der Waals surface area (Å²) in [6.07, 6.45) is 2.85. The summed E-state index contributed by atoms with van der Waals surface area (Å²) in [6, 6.07) is 0. The number of halogens is 1. The van der Waals surface area contributed by atoms with E-state index in [1.165, 1.54) is 6.42 Å². The van der Waals surface area contributed by atoms with Crippen LogP contribution in [0.5, 0.6) is 0 Å². The second-order valence-corrected chi connectivity index (χ2v) is 4.18. The van der Waals surface area contributed by atoms with Gasteiger partial charge in [-0.3, -0.25) is 5.10 Å². The molecule has 2 heterocycles. The Hall–Kier alpha value is -1.16. The van der Waals surface area contributed by atoms with Gasteiger partial charge in [-0.1, -0.05) is 18.5 Å². The Kier molecular flexibility index (Phi) is 1.56. The van der Waals surface area contributed by atoms with Crippen molar-refractivity contribution in [3.05, 3.63) is 17.2 Å². The van der Waals surface area contributed by atoms with Gasteiger partial charge < -0.3 is 0 Å². The summed E-state index contributed by atoms with van der Waals surface area (Å²) in [6.45, 7) is 2.20. The molecule has 0 spiro atoms. The molecule has 4 nitrogen and oxygen atoms in total. The van der Waals surface area contributed by atoms with Gasteiger partial charge in [-0.05, 0) is 12.3 Å². The molecule has 14 heavy (non-hydrogen) atoms. The van der Waals surface area contributed by atoms with Crippen molar-refractivity contribution in [2.24, 2.45) is 5.92 Å². The summed E-state index contributed by atoms with van der Waals surface area (Å²) in [7, 11) is 0. The van der Waals surface area contributed by atoms with Gasteiger partial charge in [0, 0.05) is 5.92 Å². The van der Waals surface area contributed by atoms with E-state index in [0.29, 0.717) is 17.0 Å². The zero-order valence-electron chi connectivity index (χ0n) is 7.66. The van der Waals surface area contributed by atoms with Gasteiger partial charge in [0.1, 0.15) is 16.9 Å². The molecule has 1 fully saturated rings. The van der Waals surface area contributed by atoms with Gasteiger partial charge in [0.05, 0.1) is 6.20 Å². The first-order chi connectivity index (χ1) is 6.75. The molecule has 2 unspecified atom stereocenters. The van der Waals surface area contributed by atoms with Crippen LogP contribution in [0.2, 0.25) is 5.15 Å². The largest absolute Gasteiger partial charge is 0.273 e. The molecular formula is C9H9ClN4. The predicted octanol–water partition coefficient (Wildman–Crippen LogP) is 2.13. The Bertz CT molecular complexity index is 493. The number of nitrogens with one attached hydrogen (secondary N) is 1. The Morgan fingerprint density at radius 2 is 2.29 bits per heavy atom. The quantitative estimate of drug-likeness (QED) is 0.731. The van der Waals surface area contributed by atoms with Crippen LogP contribution in [0.25, 0.3) is 11.0 Å². The van der Waals surface area contributed by atoms with Crippen LogP contribution >= 0.6 is 11.6 Å². The van der Waals surface area contributed by atoms with Gasteiger partial charge in [-0.15, -0.1) is 0 Å². The lowest BCUT2D eigenvalue weighted by molar-refractivity contribution is 0.851. The summed E-state index contributed by atoms with van der Waals surface area (Å²) in [5, 5.41) is 7.14. The normalized spacial score (nSPS) is 25.6. The standard InChI is InChI=1S/C9H9ClN4/c1-4-2-5(4)9-12-6-3-11-14-7(6)8(10)13-9/h3-5H,2H2,1H3,(H,11,14). The molecule has 0 radical (unpaired) electrons. The lowest BCUT2D eigenvalue weighted by Crippen LogP contribution is -1.94. The lowest BCUT2D eigenvalue weighted by atomic mass is 10.3. The van der Waals surface area contributed by atoms with E-state index in [1.807, 2.05) is 0 Å². The third-order valence-electron chi connectivity index (χ3n) is 2.71. The molecule has 72 valence electrons. The first-order valence-corrected chi connectivity index (χ1v) is 5.00. The maximum absolute atomic E-state index is 6.00. The number of rotatable bonds is 1. The molecule has 0 amide bonds. The number of fused-ring (bicyclic) bond motifs is 1. The fraction of sp³-hybridized carbons (Fsp3) is 0.444. The molecule has 1 saturated carbocycles. The monoisotopic (exact) mass is 208 g/mol. The number of aromatic amines is 1. The van der Waals surface area contributed by atoms with E-state index in [0.717, 1.165) is 16.9 Å². The van der Waals surface area contributed by atoms with E-state index in [9.17, 15) is 0 Å². The summed E-state index contributed by atoms with van der Waals surface area (Å²) in [5.74, 6) is 2.04. The molecule has 0 saturated heterocycles. The van der Waals surface area contributed by atoms with Gasteiger partial charge in [0.2, 0.25) is 0 Å². The number of nitrogens with zero attached hydrogens (tertiary/aromatic N) is 3. The first kappa shape index (κ1) is 8.17. The minimum Gasteiger partial charge on any atom is -0.273 e. The van der Waals surface area contributed by atoms with Crippen molar-refractivity contribution >= 4 is 22.6 Å². The molecule has 1 aliphatic carbocycles. The van der Waals surface area contributed by atoms with Crippen molar-refractivity contribution < 1.29 is 0 Å². The van der Waals surface area contributed by atoms with E-state index in [-0.39, 0.29) is 0 Å². The van der Waals surface area contributed by atoms with Crippen LogP contribution in [-0.2, 0) is 0 Å². The maximum Gasteiger partial charge on any atom is 0.158 e. The van der Waals surface area contributed by atoms with Crippen LogP contribution in [-0.4, -0.2) is 20.2 Å². The van der Waals surface area contributed by atoms with Crippen LogP contribution in [0.4, 0.5) is 0 Å². The van der Waals surface area contributed by atoms with E-state index in [2.05, 4.69) is 27.1 Å². The van der Waals surface area contributed by atoms with Crippen LogP contribution in [0.15, 0.2) is 6.20 Å². The number of H-pyrrole nitrogens is 1. The summed E-state index contributed by atoms with van der Waals surface area (Å²) >= 11 is 6.00. The molecule has 2 aromatic rings. The third-order valence-corrected chi connectivity index (χ3v) is 2.99. The molecule has 1 aliphatic rings. The van der Waals surface area contributed by atoms with Crippen molar-refractivity contribution in [2.75, 3.05) is 0 Å². The van der Waals surface area contributed by atoms with Crippen LogP contribution in [0.1, 0.15) is 25.1 Å². The number of hydrogen-bond acceptors (Lipinski definition) is 3. The van der Waals surface area contributed by atoms with Gasteiger partial charge in [0.25, 0.3) is 0 Å². The van der Waals surface area contributed by atoms with Crippen LogP contribution in [0.3, 0.4) is 0 Å². The zero-order chi connectivity index (χ0) is 9.71. The average molecular weight is 209 g/mol. The minimum atomic E-state index is 0.474. The third kappa shape index (κ3) is 1.10. The lowest BCUT2D eigenvalue weighted by Gasteiger charge is -1.98. The number of hydrogen-bond donors (Lipinski definition) is 1. The zero-order valence-corrected chi connectivity index (χ0v) is 8.41. The van der Waals surface area contributed by atoms with Gasteiger partial charge in [-0.25, -0.2) is 9.97 Å². The average Bonchev–Trinajstić information content (AvgIpc) is 2.71. The highest BCUT2D eigenvalue weighted by molar-refractivity contribution is 6.33. The molecule has 1 N–H and O–H groups in total. The van der Waals surface area contributed by atoms with E-state index in [1.54, 1.807) is 6.20 Å². The molecule has 2 atom stereocenters. The highest BCUT2D eigenvalue weighted by Crippen LogP contribution is 2.45. The van der Waals surface area contributed by atoms with Crippen molar-refractivity contribution in [1.82, 2.24) is 20.2 Å². The Balaban J connectivity index is 2.17. The SMILES string of the molecule is CC1CC1c1nc(Cl)c2[nH]ncc2n1. The molecule has 0 aliphatic heterocycles. The molecule has 2 aromatic heterocycles. The van der Waals surface area contributed by atoms with Crippen LogP contribution in [0, 0.1) is 5.92 Å². The van der Waals surface area contributed by atoms with Gasteiger partial charge >= 0.3 is 0 Å². The number of aromatic nitrogens is 4. The van der Waals surface area contributed by atoms with E-state index < -0.39 is 0 Å². The van der Waals surface area contributed by atoms with Crippen molar-refractivity contribution in [1.29, 1.82) is 0 Å². The van der Waals surface area contributed by atoms with Gasteiger partial charge in [-0.2, -0.15) is 5.10 Å². The van der Waals surface area contributed by atoms with Gasteiger partial charge in [0.15, 0.2) is 5.15 Å². The first-order valence-electron chi connectivity index (χ1n) is 4.62. The molecule has 0 aromatic carbocycles. The maximum atomic E-state index is 6.00. The van der Waals surface area contributed by atoms with Crippen molar-refractivity contribution in [2.45, 2.75) is 19.3 Å². The fourth-order valence-electron chi connectivity index (χ4n) is 1.67. The highest BCUT2D eigenvalue weighted by Gasteiger charge is 2.37. The highest BCUT2D eigenvalue weighted by atomic mass is 35.5. The summed E-state index contributed by atoms with van der Waals surface area (Å²) < 4.78 is 0. The summed E-state index contributed by atoms with van der Waals surface area (Å²) in [4.78, 5) is 8.69. The van der Waals surface area contributed by atoms with E-state index >= 15 is 0 Å². The second-order valence-electron chi connectivity index (χ2n) is 3.82. The Morgan fingerprint density at radius 3 is 3.00 bits per heavy atom. The Morgan fingerprint density at radius 1 is 1.50 bits per heavy atom. The molecular weight excluding hydrogens is 200 g/mol.